The highest BCUT2D eigenvalue weighted by Crippen LogP contribution is 2.35. The van der Waals surface area contributed by atoms with Crippen LogP contribution in [0.3, 0.4) is 0 Å². The lowest BCUT2D eigenvalue weighted by Gasteiger charge is -2.26. The summed E-state index contributed by atoms with van der Waals surface area (Å²) in [7, 11) is 4.12. The van der Waals surface area contributed by atoms with E-state index in [0.717, 1.165) is 31.6 Å². The summed E-state index contributed by atoms with van der Waals surface area (Å²) in [4.78, 5) is 20.0. The average Bonchev–Trinajstić information content (AvgIpc) is 2.87. The molecule has 0 aliphatic heterocycles. The van der Waals surface area contributed by atoms with Gasteiger partial charge in [-0.3, -0.25) is 9.63 Å². The van der Waals surface area contributed by atoms with Gasteiger partial charge in [0.2, 0.25) is 5.91 Å². The normalized spacial score (nSPS) is 25.6. The Morgan fingerprint density at radius 2 is 1.96 bits per heavy atom. The molecule has 0 spiro atoms. The number of alkyl halides is 2. The van der Waals surface area contributed by atoms with E-state index in [4.69, 9.17) is 28.0 Å². The highest BCUT2D eigenvalue weighted by Gasteiger charge is 2.41. The SMILES string of the molecule is CC(=O)N(OCC1CC(Cl)C(Cl)C1NCCCN(C)C)c1ccccc1. The van der Waals surface area contributed by atoms with Crippen LogP contribution >= 0.6 is 23.2 Å². The Kier molecular flexibility index (Phi) is 8.64. The molecular weight excluding hydrogens is 373 g/mol. The van der Waals surface area contributed by atoms with Gasteiger partial charge in [-0.05, 0) is 52.2 Å². The Labute approximate surface area is 166 Å². The molecular formula is C19H29Cl2N3O2. The Bertz CT molecular complexity index is 559. The number of nitrogens with zero attached hydrogens (tertiary/aromatic N) is 2. The van der Waals surface area contributed by atoms with Crippen molar-refractivity contribution in [3.05, 3.63) is 30.3 Å². The summed E-state index contributed by atoms with van der Waals surface area (Å²) in [6, 6.07) is 9.43. The average molecular weight is 402 g/mol. The number of benzene rings is 1. The van der Waals surface area contributed by atoms with Gasteiger partial charge < -0.3 is 10.2 Å². The molecule has 1 amide bonds. The number of hydrogen-bond donors (Lipinski definition) is 1. The maximum Gasteiger partial charge on any atom is 0.247 e. The zero-order valence-corrected chi connectivity index (χ0v) is 17.2. The number of carbonyl (C=O) groups excluding carboxylic acids is 1. The number of halogens is 2. The Morgan fingerprint density at radius 1 is 1.27 bits per heavy atom. The van der Waals surface area contributed by atoms with Crippen LogP contribution in [0.5, 0.6) is 0 Å². The van der Waals surface area contributed by atoms with Gasteiger partial charge in [0, 0.05) is 18.9 Å². The van der Waals surface area contributed by atoms with E-state index in [-0.39, 0.29) is 28.6 Å². The molecule has 5 nitrogen and oxygen atoms in total. The van der Waals surface area contributed by atoms with E-state index < -0.39 is 0 Å². The molecule has 1 saturated carbocycles. The minimum atomic E-state index is -0.158. The molecule has 1 aliphatic rings. The van der Waals surface area contributed by atoms with Crippen LogP contribution in [0.4, 0.5) is 5.69 Å². The fourth-order valence-corrected chi connectivity index (χ4v) is 4.03. The van der Waals surface area contributed by atoms with Crippen molar-refractivity contribution in [3.8, 4) is 0 Å². The highest BCUT2D eigenvalue weighted by atomic mass is 35.5. The lowest BCUT2D eigenvalue weighted by atomic mass is 10.0. The maximum absolute atomic E-state index is 12.0. The molecule has 1 aromatic carbocycles. The first-order valence-corrected chi connectivity index (χ1v) is 9.92. The monoisotopic (exact) mass is 401 g/mol. The Balaban J connectivity index is 1.93. The molecule has 1 fully saturated rings. The van der Waals surface area contributed by atoms with E-state index in [1.54, 1.807) is 0 Å². The van der Waals surface area contributed by atoms with Gasteiger partial charge in [-0.15, -0.1) is 23.2 Å². The van der Waals surface area contributed by atoms with E-state index in [0.29, 0.717) is 6.61 Å². The molecule has 0 heterocycles. The van der Waals surface area contributed by atoms with Gasteiger partial charge >= 0.3 is 0 Å². The van der Waals surface area contributed by atoms with Gasteiger partial charge in [0.1, 0.15) is 0 Å². The van der Waals surface area contributed by atoms with Crippen molar-refractivity contribution in [2.45, 2.75) is 36.6 Å². The summed E-state index contributed by atoms with van der Waals surface area (Å²) >= 11 is 12.9. The van der Waals surface area contributed by atoms with Crippen molar-refractivity contribution in [3.63, 3.8) is 0 Å². The maximum atomic E-state index is 12.0. The van der Waals surface area contributed by atoms with Crippen LogP contribution < -0.4 is 10.4 Å². The number of rotatable bonds is 9. The van der Waals surface area contributed by atoms with E-state index in [9.17, 15) is 4.79 Å². The molecule has 1 aromatic rings. The second-order valence-electron chi connectivity index (χ2n) is 7.04. The summed E-state index contributed by atoms with van der Waals surface area (Å²) in [6.45, 7) is 3.78. The summed E-state index contributed by atoms with van der Waals surface area (Å²) < 4.78 is 0. The van der Waals surface area contributed by atoms with E-state index in [1.165, 1.54) is 12.0 Å². The first-order valence-electron chi connectivity index (χ1n) is 9.05. The zero-order valence-electron chi connectivity index (χ0n) is 15.7. The predicted octanol–water partition coefficient (Wildman–Crippen LogP) is 3.12. The molecule has 7 heteroatoms. The number of amides is 1. The summed E-state index contributed by atoms with van der Waals surface area (Å²) in [6.07, 6.45) is 1.80. The van der Waals surface area contributed by atoms with Gasteiger partial charge in [-0.1, -0.05) is 18.2 Å². The minimum Gasteiger partial charge on any atom is -0.312 e. The fourth-order valence-electron chi connectivity index (χ4n) is 3.25. The minimum absolute atomic E-state index is 0.0749. The summed E-state index contributed by atoms with van der Waals surface area (Å²) in [5.74, 6) is -0.000505. The molecule has 4 atom stereocenters. The lowest BCUT2D eigenvalue weighted by Crippen LogP contribution is -2.43. The van der Waals surface area contributed by atoms with Gasteiger partial charge in [-0.2, -0.15) is 5.06 Å². The molecule has 146 valence electrons. The first kappa shape index (κ1) is 21.5. The largest absolute Gasteiger partial charge is 0.312 e. The zero-order chi connectivity index (χ0) is 19.1. The Hall–Kier alpha value is -0.850. The standard InChI is InChI=1S/C19H29Cl2N3O2/c1-14(25)24(16-8-5-4-6-9-16)26-13-15-12-17(20)18(21)19(15)22-10-7-11-23(2)3/h4-6,8-9,15,17-19,22H,7,10-13H2,1-3H3. The fraction of sp³-hybridized carbons (Fsp3) is 0.632. The lowest BCUT2D eigenvalue weighted by molar-refractivity contribution is -0.124. The second-order valence-corrected chi connectivity index (χ2v) is 8.10. The number of nitrogens with one attached hydrogen (secondary N) is 1. The highest BCUT2D eigenvalue weighted by molar-refractivity contribution is 6.30. The van der Waals surface area contributed by atoms with E-state index >= 15 is 0 Å². The number of hydrogen-bond acceptors (Lipinski definition) is 4. The van der Waals surface area contributed by atoms with Crippen molar-refractivity contribution in [2.75, 3.05) is 38.9 Å². The molecule has 0 saturated heterocycles. The van der Waals surface area contributed by atoms with E-state index in [1.807, 2.05) is 30.3 Å². The van der Waals surface area contributed by atoms with Crippen molar-refractivity contribution >= 4 is 34.8 Å². The van der Waals surface area contributed by atoms with Crippen LogP contribution in [0.25, 0.3) is 0 Å². The van der Waals surface area contributed by atoms with Crippen molar-refractivity contribution < 1.29 is 9.63 Å². The Morgan fingerprint density at radius 3 is 2.58 bits per heavy atom. The topological polar surface area (TPSA) is 44.8 Å². The summed E-state index contributed by atoms with van der Waals surface area (Å²) in [5, 5.41) is 4.63. The molecule has 1 N–H and O–H groups in total. The van der Waals surface area contributed by atoms with Gasteiger partial charge in [-0.25, -0.2) is 0 Å². The van der Waals surface area contributed by atoms with Crippen LogP contribution in [0.15, 0.2) is 30.3 Å². The number of anilines is 1. The number of carbonyl (C=O) groups is 1. The first-order chi connectivity index (χ1) is 12.4. The third kappa shape index (κ3) is 6.10. The summed E-state index contributed by atoms with van der Waals surface area (Å²) in [5.41, 5.74) is 0.721. The predicted molar refractivity (Wildman–Crippen MR) is 108 cm³/mol. The van der Waals surface area contributed by atoms with Gasteiger partial charge in [0.15, 0.2) is 0 Å². The van der Waals surface area contributed by atoms with E-state index in [2.05, 4.69) is 24.3 Å². The van der Waals surface area contributed by atoms with Crippen molar-refractivity contribution in [2.24, 2.45) is 5.92 Å². The molecule has 26 heavy (non-hydrogen) atoms. The van der Waals surface area contributed by atoms with Crippen LogP contribution in [0, 0.1) is 5.92 Å². The second kappa shape index (κ2) is 10.5. The van der Waals surface area contributed by atoms with Crippen molar-refractivity contribution in [1.29, 1.82) is 0 Å². The van der Waals surface area contributed by atoms with Crippen LogP contribution in [0.1, 0.15) is 19.8 Å². The van der Waals surface area contributed by atoms with Crippen LogP contribution in [-0.2, 0) is 9.63 Å². The molecule has 4 unspecified atom stereocenters. The molecule has 1 aliphatic carbocycles. The van der Waals surface area contributed by atoms with Crippen LogP contribution in [0.2, 0.25) is 0 Å². The van der Waals surface area contributed by atoms with Crippen LogP contribution in [-0.4, -0.2) is 61.4 Å². The number of hydroxylamine groups is 1. The smallest absolute Gasteiger partial charge is 0.247 e. The van der Waals surface area contributed by atoms with Gasteiger partial charge in [0.25, 0.3) is 0 Å². The third-order valence-electron chi connectivity index (χ3n) is 4.58. The molecule has 2 rings (SSSR count). The molecule has 0 radical (unpaired) electrons. The quantitative estimate of drug-likeness (QED) is 0.392. The number of para-hydroxylation sites is 1. The molecule has 0 bridgehead atoms. The molecule has 0 aromatic heterocycles. The van der Waals surface area contributed by atoms with Gasteiger partial charge in [0.05, 0.1) is 23.0 Å². The third-order valence-corrected chi connectivity index (χ3v) is 5.74. The van der Waals surface area contributed by atoms with Crippen molar-refractivity contribution in [1.82, 2.24) is 10.2 Å².